The predicted molar refractivity (Wildman–Crippen MR) is 147 cm³/mol. The summed E-state index contributed by atoms with van der Waals surface area (Å²) >= 11 is 5.70. The summed E-state index contributed by atoms with van der Waals surface area (Å²) in [5, 5.41) is 14.9. The van der Waals surface area contributed by atoms with Gasteiger partial charge in [0.1, 0.15) is 16.7 Å². The number of halogens is 3. The van der Waals surface area contributed by atoms with Crippen LogP contribution in [0.15, 0.2) is 39.8 Å². The van der Waals surface area contributed by atoms with Gasteiger partial charge in [-0.05, 0) is 37.0 Å². The third kappa shape index (κ3) is 4.90. The van der Waals surface area contributed by atoms with Gasteiger partial charge in [-0.15, -0.1) is 0 Å². The van der Waals surface area contributed by atoms with Crippen LogP contribution in [0.3, 0.4) is 0 Å². The molecule has 10 nitrogen and oxygen atoms in total. The van der Waals surface area contributed by atoms with Gasteiger partial charge < -0.3 is 14.4 Å². The first-order valence-electron chi connectivity index (χ1n) is 12.8. The van der Waals surface area contributed by atoms with E-state index >= 15 is 0 Å². The van der Waals surface area contributed by atoms with Gasteiger partial charge in [0.2, 0.25) is 0 Å². The standard InChI is InChI=1S/C28H28ClF2N5O5/c1-26(2,3)15-10-16(14-6-7-20(29)28(30,31)13-14)32-17-11-19(41-22(15)17)23(37)36-9-8-35(25(40)27(36,4)5)21-12-18(24(38)39)33-34-21/h6-7,10-12H,8-9,13H2,1-5H3,(H,33,34)(H,38,39). The zero-order chi connectivity index (χ0) is 30.1. The van der Waals surface area contributed by atoms with E-state index in [1.807, 2.05) is 20.8 Å². The Kier molecular flexibility index (Phi) is 6.60. The highest BCUT2D eigenvalue weighted by molar-refractivity contribution is 6.31. The van der Waals surface area contributed by atoms with Crippen molar-refractivity contribution in [2.45, 2.75) is 57.9 Å². The SMILES string of the molecule is CC(C)(C)c1cc(C2=CC=C(Cl)C(F)(F)C2)nc2cc(C(=O)N3CCN(c4cc(C(=O)O)[nH]n4)C(=O)C3(C)C)oc12. The number of alkyl halides is 2. The Labute approximate surface area is 238 Å². The molecule has 1 fully saturated rings. The molecule has 0 spiro atoms. The van der Waals surface area contributed by atoms with Gasteiger partial charge in [-0.2, -0.15) is 13.9 Å². The van der Waals surface area contributed by atoms with Gasteiger partial charge in [0.15, 0.2) is 17.2 Å². The summed E-state index contributed by atoms with van der Waals surface area (Å²) in [6.45, 7) is 9.15. The molecule has 0 bridgehead atoms. The van der Waals surface area contributed by atoms with Crippen molar-refractivity contribution in [1.29, 1.82) is 0 Å². The summed E-state index contributed by atoms with van der Waals surface area (Å²) in [6, 6.07) is 4.41. The Morgan fingerprint density at radius 1 is 1.15 bits per heavy atom. The van der Waals surface area contributed by atoms with Crippen molar-refractivity contribution < 1.29 is 32.7 Å². The van der Waals surface area contributed by atoms with Gasteiger partial charge in [-0.25, -0.2) is 9.78 Å². The van der Waals surface area contributed by atoms with Gasteiger partial charge >= 0.3 is 5.97 Å². The number of aromatic carboxylic acids is 1. The molecule has 0 unspecified atom stereocenters. The minimum absolute atomic E-state index is 0.0525. The molecule has 1 aliphatic carbocycles. The van der Waals surface area contributed by atoms with Crippen molar-refractivity contribution in [3.63, 3.8) is 0 Å². The molecule has 216 valence electrons. The van der Waals surface area contributed by atoms with Gasteiger partial charge in [-0.1, -0.05) is 38.4 Å². The molecule has 0 atom stereocenters. The van der Waals surface area contributed by atoms with Crippen molar-refractivity contribution in [1.82, 2.24) is 20.1 Å². The number of nitrogens with zero attached hydrogens (tertiary/aromatic N) is 4. The highest BCUT2D eigenvalue weighted by atomic mass is 35.5. The first-order valence-corrected chi connectivity index (χ1v) is 13.2. The Morgan fingerprint density at radius 2 is 1.85 bits per heavy atom. The number of H-pyrrole nitrogens is 1. The average Bonchev–Trinajstić information content (AvgIpc) is 3.53. The number of carbonyl (C=O) groups is 3. The van der Waals surface area contributed by atoms with Crippen LogP contribution in [-0.4, -0.2) is 67.5 Å². The van der Waals surface area contributed by atoms with Crippen LogP contribution in [-0.2, 0) is 10.2 Å². The molecule has 0 saturated carbocycles. The molecule has 13 heteroatoms. The normalized spacial score (nSPS) is 18.9. The van der Waals surface area contributed by atoms with Crippen LogP contribution in [0.4, 0.5) is 14.6 Å². The lowest BCUT2D eigenvalue weighted by atomic mass is 9.85. The first kappa shape index (κ1) is 28.5. The van der Waals surface area contributed by atoms with Crippen molar-refractivity contribution in [2.24, 2.45) is 0 Å². The Bertz CT molecular complexity index is 1660. The zero-order valence-electron chi connectivity index (χ0n) is 23.0. The number of hydrogen-bond donors (Lipinski definition) is 2. The number of furan rings is 1. The zero-order valence-corrected chi connectivity index (χ0v) is 23.8. The molecule has 41 heavy (non-hydrogen) atoms. The maximum Gasteiger partial charge on any atom is 0.353 e. The van der Waals surface area contributed by atoms with E-state index in [1.54, 1.807) is 19.9 Å². The second-order valence-corrected chi connectivity index (χ2v) is 12.0. The number of allylic oxidation sites excluding steroid dienone is 4. The second kappa shape index (κ2) is 9.51. The summed E-state index contributed by atoms with van der Waals surface area (Å²) in [7, 11) is 0. The molecule has 2 N–H and O–H groups in total. The van der Waals surface area contributed by atoms with Crippen molar-refractivity contribution in [3.8, 4) is 0 Å². The Hall–Kier alpha value is -4.06. The molecule has 5 rings (SSSR count). The van der Waals surface area contributed by atoms with Gasteiger partial charge in [-0.3, -0.25) is 19.6 Å². The van der Waals surface area contributed by atoms with Crippen molar-refractivity contribution in [3.05, 3.63) is 58.1 Å². The summed E-state index contributed by atoms with van der Waals surface area (Å²) in [5.41, 5.74) is -0.0125. The minimum atomic E-state index is -3.22. The molecule has 2 aliphatic rings. The van der Waals surface area contributed by atoms with E-state index in [0.29, 0.717) is 27.9 Å². The van der Waals surface area contributed by atoms with E-state index in [2.05, 4.69) is 15.2 Å². The summed E-state index contributed by atoms with van der Waals surface area (Å²) in [4.78, 5) is 45.7. The van der Waals surface area contributed by atoms with E-state index in [1.165, 1.54) is 28.0 Å². The Balaban J connectivity index is 1.50. The summed E-state index contributed by atoms with van der Waals surface area (Å²) in [5.74, 6) is -5.34. The maximum absolute atomic E-state index is 14.4. The van der Waals surface area contributed by atoms with Gasteiger partial charge in [0.05, 0.1) is 10.7 Å². The molecule has 2 amide bonds. The number of aromatic nitrogens is 3. The van der Waals surface area contributed by atoms with Crippen LogP contribution in [0, 0.1) is 0 Å². The van der Waals surface area contributed by atoms with Crippen molar-refractivity contribution in [2.75, 3.05) is 18.0 Å². The molecule has 4 heterocycles. The highest BCUT2D eigenvalue weighted by Gasteiger charge is 2.46. The minimum Gasteiger partial charge on any atom is -0.477 e. The quantitative estimate of drug-likeness (QED) is 0.420. The number of aromatic amines is 1. The third-order valence-electron chi connectivity index (χ3n) is 7.33. The number of carbonyl (C=O) groups excluding carboxylic acids is 2. The number of anilines is 1. The van der Waals surface area contributed by atoms with E-state index in [0.717, 1.165) is 6.08 Å². The Morgan fingerprint density at radius 3 is 2.46 bits per heavy atom. The van der Waals surface area contributed by atoms with Crippen molar-refractivity contribution >= 4 is 51.9 Å². The number of fused-ring (bicyclic) bond motifs is 1. The topological polar surface area (TPSA) is 133 Å². The molecule has 0 aromatic carbocycles. The van der Waals surface area contributed by atoms with Crippen LogP contribution in [0.1, 0.15) is 73.3 Å². The van der Waals surface area contributed by atoms with Crippen LogP contribution in [0.5, 0.6) is 0 Å². The fourth-order valence-electron chi connectivity index (χ4n) is 5.00. The van der Waals surface area contributed by atoms with E-state index in [9.17, 15) is 28.3 Å². The van der Waals surface area contributed by atoms with E-state index in [-0.39, 0.29) is 30.4 Å². The molecule has 1 aliphatic heterocycles. The average molecular weight is 588 g/mol. The second-order valence-electron chi connectivity index (χ2n) is 11.6. The highest BCUT2D eigenvalue weighted by Crippen LogP contribution is 2.42. The monoisotopic (exact) mass is 587 g/mol. The predicted octanol–water partition coefficient (Wildman–Crippen LogP) is 5.36. The number of carboxylic acid groups (broad SMARTS) is 1. The molecule has 3 aromatic heterocycles. The lowest BCUT2D eigenvalue weighted by molar-refractivity contribution is -0.129. The van der Waals surface area contributed by atoms with Crippen LogP contribution in [0.2, 0.25) is 0 Å². The largest absolute Gasteiger partial charge is 0.477 e. The maximum atomic E-state index is 14.4. The van der Waals surface area contributed by atoms with Gasteiger partial charge in [0, 0.05) is 37.2 Å². The third-order valence-corrected chi connectivity index (χ3v) is 7.73. The molecule has 1 saturated heterocycles. The molecular formula is C28H28ClF2N5O5. The number of pyridine rings is 1. The van der Waals surface area contributed by atoms with Gasteiger partial charge in [0.25, 0.3) is 17.7 Å². The number of amides is 2. The lowest BCUT2D eigenvalue weighted by Crippen LogP contribution is -2.64. The number of carboxylic acids is 1. The molecule has 3 aromatic rings. The first-order chi connectivity index (χ1) is 19.0. The smallest absolute Gasteiger partial charge is 0.353 e. The molecule has 0 radical (unpaired) electrons. The van der Waals surface area contributed by atoms with E-state index < -0.39 is 46.1 Å². The van der Waals surface area contributed by atoms with E-state index in [4.69, 9.17) is 16.0 Å². The summed E-state index contributed by atoms with van der Waals surface area (Å²) in [6.07, 6.45) is 2.06. The fourth-order valence-corrected chi connectivity index (χ4v) is 5.13. The van der Waals surface area contributed by atoms with Crippen LogP contribution < -0.4 is 4.90 Å². The number of hydrogen-bond acceptors (Lipinski definition) is 6. The number of nitrogens with one attached hydrogen (secondary N) is 1. The van der Waals surface area contributed by atoms with Crippen LogP contribution in [0.25, 0.3) is 16.7 Å². The van der Waals surface area contributed by atoms with Crippen LogP contribution >= 0.6 is 11.6 Å². The fraction of sp³-hybridized carbons (Fsp3) is 0.393. The summed E-state index contributed by atoms with van der Waals surface area (Å²) < 4.78 is 34.8. The number of rotatable bonds is 4. The lowest BCUT2D eigenvalue weighted by Gasteiger charge is -2.44. The molecular weight excluding hydrogens is 560 g/mol. The number of piperazine rings is 1.